The molecule has 1 aliphatic carbocycles. The largest absolute Gasteiger partial charge is 0.508 e. The number of cyclic esters (lactones) is 2. The molecule has 1 saturated heterocycles. The zero-order chi connectivity index (χ0) is 14.5. The van der Waals surface area contributed by atoms with Crippen LogP contribution in [0.3, 0.4) is 0 Å². The summed E-state index contributed by atoms with van der Waals surface area (Å²) in [6.45, 7) is 0.0502. The molecule has 0 aromatic carbocycles. The highest BCUT2D eigenvalue weighted by Crippen LogP contribution is 2.17. The third-order valence-corrected chi connectivity index (χ3v) is 2.96. The van der Waals surface area contributed by atoms with Gasteiger partial charge in [-0.3, -0.25) is 0 Å². The first-order valence-corrected chi connectivity index (χ1v) is 6.10. The number of ether oxygens (including phenoxy) is 5. The van der Waals surface area contributed by atoms with Crippen molar-refractivity contribution in [3.05, 3.63) is 23.8 Å². The Balaban J connectivity index is 1.87. The standard InChI is InChI=1S/C13H16O7/c1-16-10-4-3-8(5-11(10)17-2)12(14)18-6-9-7-19-13(15)20-9/h3-5,9-11H,6-7H2,1-2H3. The second-order valence-corrected chi connectivity index (χ2v) is 4.28. The number of esters is 1. The van der Waals surface area contributed by atoms with Crippen LogP contribution in [0.2, 0.25) is 0 Å². The van der Waals surface area contributed by atoms with E-state index in [1.54, 1.807) is 25.3 Å². The summed E-state index contributed by atoms with van der Waals surface area (Å²) in [6, 6.07) is 0. The van der Waals surface area contributed by atoms with Gasteiger partial charge < -0.3 is 23.7 Å². The Labute approximate surface area is 116 Å². The fourth-order valence-corrected chi connectivity index (χ4v) is 1.89. The van der Waals surface area contributed by atoms with E-state index in [1.165, 1.54) is 7.11 Å². The van der Waals surface area contributed by atoms with Gasteiger partial charge in [0.1, 0.15) is 25.4 Å². The van der Waals surface area contributed by atoms with Crippen molar-refractivity contribution in [2.45, 2.75) is 18.3 Å². The topological polar surface area (TPSA) is 80.3 Å². The predicted molar refractivity (Wildman–Crippen MR) is 66.0 cm³/mol. The minimum absolute atomic E-state index is 0.0406. The molecule has 0 bridgehead atoms. The van der Waals surface area contributed by atoms with Crippen molar-refractivity contribution in [1.82, 2.24) is 0 Å². The summed E-state index contributed by atoms with van der Waals surface area (Å²) in [4.78, 5) is 22.6. The highest BCUT2D eigenvalue weighted by molar-refractivity contribution is 5.92. The molecule has 0 saturated carbocycles. The van der Waals surface area contributed by atoms with Crippen LogP contribution in [0.4, 0.5) is 4.79 Å². The van der Waals surface area contributed by atoms with E-state index >= 15 is 0 Å². The molecule has 1 heterocycles. The molecule has 0 amide bonds. The number of methoxy groups -OCH3 is 2. The van der Waals surface area contributed by atoms with E-state index in [2.05, 4.69) is 4.74 Å². The van der Waals surface area contributed by atoms with E-state index in [0.29, 0.717) is 5.57 Å². The Kier molecular flexibility index (Phi) is 4.75. The quantitative estimate of drug-likeness (QED) is 0.683. The molecule has 3 atom stereocenters. The first kappa shape index (κ1) is 14.5. The van der Waals surface area contributed by atoms with Crippen molar-refractivity contribution in [3.8, 4) is 0 Å². The monoisotopic (exact) mass is 284 g/mol. The summed E-state index contributed by atoms with van der Waals surface area (Å²) in [5.41, 5.74) is 0.371. The summed E-state index contributed by atoms with van der Waals surface area (Å²) in [5.74, 6) is -0.513. The maximum Gasteiger partial charge on any atom is 0.508 e. The molecule has 20 heavy (non-hydrogen) atoms. The van der Waals surface area contributed by atoms with E-state index < -0.39 is 18.2 Å². The van der Waals surface area contributed by atoms with Crippen molar-refractivity contribution in [3.63, 3.8) is 0 Å². The summed E-state index contributed by atoms with van der Waals surface area (Å²) in [5, 5.41) is 0. The third-order valence-electron chi connectivity index (χ3n) is 2.96. The maximum absolute atomic E-state index is 11.9. The van der Waals surface area contributed by atoms with Crippen LogP contribution in [0.15, 0.2) is 23.8 Å². The van der Waals surface area contributed by atoms with Crippen LogP contribution in [0.1, 0.15) is 0 Å². The van der Waals surface area contributed by atoms with Crippen LogP contribution in [-0.4, -0.2) is 57.9 Å². The van der Waals surface area contributed by atoms with Gasteiger partial charge in [-0.25, -0.2) is 9.59 Å². The lowest BCUT2D eigenvalue weighted by atomic mass is 10.0. The van der Waals surface area contributed by atoms with Gasteiger partial charge in [-0.05, 0) is 12.2 Å². The number of carbonyl (C=O) groups excluding carboxylic acids is 2. The van der Waals surface area contributed by atoms with Crippen LogP contribution in [0, 0.1) is 0 Å². The van der Waals surface area contributed by atoms with Gasteiger partial charge in [0.2, 0.25) is 0 Å². The summed E-state index contributed by atoms with van der Waals surface area (Å²) in [6.07, 6.45) is 3.09. The second-order valence-electron chi connectivity index (χ2n) is 4.28. The molecule has 0 N–H and O–H groups in total. The van der Waals surface area contributed by atoms with E-state index in [1.807, 2.05) is 0 Å². The molecule has 0 radical (unpaired) electrons. The summed E-state index contributed by atoms with van der Waals surface area (Å²) in [7, 11) is 3.09. The molecular formula is C13H16O7. The molecule has 1 fully saturated rings. The molecule has 0 aromatic heterocycles. The van der Waals surface area contributed by atoms with Crippen LogP contribution >= 0.6 is 0 Å². The molecule has 3 unspecified atom stereocenters. The zero-order valence-corrected chi connectivity index (χ0v) is 11.2. The van der Waals surface area contributed by atoms with Crippen molar-refractivity contribution in [2.24, 2.45) is 0 Å². The Hall–Kier alpha value is -1.86. The first-order valence-electron chi connectivity index (χ1n) is 6.10. The molecule has 0 spiro atoms. The van der Waals surface area contributed by atoms with E-state index in [-0.39, 0.29) is 25.4 Å². The van der Waals surface area contributed by atoms with Crippen LogP contribution in [-0.2, 0) is 28.5 Å². The van der Waals surface area contributed by atoms with Gasteiger partial charge in [0.05, 0.1) is 5.57 Å². The zero-order valence-electron chi connectivity index (χ0n) is 11.2. The molecule has 7 nitrogen and oxygen atoms in total. The fraction of sp³-hybridized carbons (Fsp3) is 0.538. The summed E-state index contributed by atoms with van der Waals surface area (Å²) < 4.78 is 24.8. The third kappa shape index (κ3) is 3.37. The van der Waals surface area contributed by atoms with Crippen molar-refractivity contribution < 1.29 is 33.3 Å². The molecule has 7 heteroatoms. The van der Waals surface area contributed by atoms with Crippen molar-refractivity contribution in [2.75, 3.05) is 27.4 Å². The highest BCUT2D eigenvalue weighted by Gasteiger charge is 2.28. The van der Waals surface area contributed by atoms with Gasteiger partial charge in [0.15, 0.2) is 6.10 Å². The maximum atomic E-state index is 11.9. The number of carbonyl (C=O) groups is 2. The lowest BCUT2D eigenvalue weighted by molar-refractivity contribution is -0.141. The number of hydrogen-bond donors (Lipinski definition) is 0. The molecule has 2 aliphatic rings. The lowest BCUT2D eigenvalue weighted by Gasteiger charge is -2.23. The molecule has 1 aliphatic heterocycles. The number of hydrogen-bond acceptors (Lipinski definition) is 7. The van der Waals surface area contributed by atoms with Gasteiger partial charge in [-0.15, -0.1) is 0 Å². The van der Waals surface area contributed by atoms with Gasteiger partial charge >= 0.3 is 12.1 Å². The lowest BCUT2D eigenvalue weighted by Crippen LogP contribution is -2.30. The smallest absolute Gasteiger partial charge is 0.458 e. The number of rotatable bonds is 5. The fourth-order valence-electron chi connectivity index (χ4n) is 1.89. The Bertz CT molecular complexity index is 440. The highest BCUT2D eigenvalue weighted by atomic mass is 16.8. The minimum Gasteiger partial charge on any atom is -0.458 e. The van der Waals surface area contributed by atoms with Crippen LogP contribution < -0.4 is 0 Å². The van der Waals surface area contributed by atoms with Crippen molar-refractivity contribution >= 4 is 12.1 Å². The van der Waals surface area contributed by atoms with Crippen LogP contribution in [0.5, 0.6) is 0 Å². The Morgan fingerprint density at radius 2 is 2.10 bits per heavy atom. The first-order chi connectivity index (χ1) is 9.63. The molecular weight excluding hydrogens is 268 g/mol. The SMILES string of the molecule is COC1C=CC(C(=O)OCC2COC(=O)O2)=CC1OC. The second kappa shape index (κ2) is 6.53. The van der Waals surface area contributed by atoms with Gasteiger partial charge in [0, 0.05) is 14.2 Å². The average molecular weight is 284 g/mol. The molecule has 110 valence electrons. The van der Waals surface area contributed by atoms with E-state index in [0.717, 1.165) is 0 Å². The molecule has 2 rings (SSSR count). The normalized spacial score (nSPS) is 28.6. The van der Waals surface area contributed by atoms with Gasteiger partial charge in [-0.1, -0.05) is 6.08 Å². The Morgan fingerprint density at radius 3 is 2.70 bits per heavy atom. The average Bonchev–Trinajstić information content (AvgIpc) is 2.89. The predicted octanol–water partition coefficient (Wildman–Crippen LogP) is 0.591. The van der Waals surface area contributed by atoms with Crippen LogP contribution in [0.25, 0.3) is 0 Å². The summed E-state index contributed by atoms with van der Waals surface area (Å²) >= 11 is 0. The van der Waals surface area contributed by atoms with Gasteiger partial charge in [-0.2, -0.15) is 0 Å². The Morgan fingerprint density at radius 1 is 1.35 bits per heavy atom. The van der Waals surface area contributed by atoms with E-state index in [9.17, 15) is 9.59 Å². The molecule has 0 aromatic rings. The van der Waals surface area contributed by atoms with Gasteiger partial charge in [0.25, 0.3) is 0 Å². The van der Waals surface area contributed by atoms with E-state index in [4.69, 9.17) is 18.9 Å². The minimum atomic E-state index is -0.745. The van der Waals surface area contributed by atoms with Crippen molar-refractivity contribution in [1.29, 1.82) is 0 Å².